The molecule has 0 atom stereocenters. The molecule has 0 bridgehead atoms. The van der Waals surface area contributed by atoms with Crippen LogP contribution in [-0.2, 0) is 23.8 Å². The Bertz CT molecular complexity index is 1330. The van der Waals surface area contributed by atoms with Gasteiger partial charge in [-0.05, 0) is 74.7 Å². The van der Waals surface area contributed by atoms with Gasteiger partial charge in [0.05, 0.1) is 30.3 Å². The molecule has 1 heterocycles. The van der Waals surface area contributed by atoms with Crippen LogP contribution in [0, 0.1) is 6.92 Å². The van der Waals surface area contributed by atoms with E-state index in [1.54, 1.807) is 36.5 Å². The van der Waals surface area contributed by atoms with Gasteiger partial charge in [-0.2, -0.15) is 8.42 Å². The maximum absolute atomic E-state index is 12.2. The van der Waals surface area contributed by atoms with Gasteiger partial charge in [0.15, 0.2) is 0 Å². The normalized spacial score (nSPS) is 12.0. The zero-order chi connectivity index (χ0) is 27.6. The Morgan fingerprint density at radius 3 is 2.24 bits per heavy atom. The first kappa shape index (κ1) is 29.0. The number of benzene rings is 2. The van der Waals surface area contributed by atoms with Gasteiger partial charge in [-0.25, -0.2) is 9.78 Å². The van der Waals surface area contributed by atoms with Crippen molar-refractivity contribution in [1.29, 1.82) is 0 Å². The maximum Gasteiger partial charge on any atom is 0.338 e. The first-order valence-electron chi connectivity index (χ1n) is 12.2. The third-order valence-corrected chi connectivity index (χ3v) is 6.30. The lowest BCUT2D eigenvalue weighted by Gasteiger charge is -2.19. The minimum Gasteiger partial charge on any atom is -0.475 e. The molecule has 202 valence electrons. The lowest BCUT2D eigenvalue weighted by atomic mass is 10.1. The van der Waals surface area contributed by atoms with E-state index >= 15 is 0 Å². The van der Waals surface area contributed by atoms with E-state index in [2.05, 4.69) is 4.98 Å². The zero-order valence-electron chi connectivity index (χ0n) is 22.0. The SMILES string of the molecule is Cc1cccc(S(=O)(=O)OCCOCCOc2ccc(/C=C/c3ccc(C(=O)OC(C)(C)C)cc3)cn2)c1. The van der Waals surface area contributed by atoms with Crippen LogP contribution in [0.1, 0.15) is 47.8 Å². The van der Waals surface area contributed by atoms with Crippen LogP contribution in [0.5, 0.6) is 5.88 Å². The number of aromatic nitrogens is 1. The number of ether oxygens (including phenoxy) is 3. The zero-order valence-corrected chi connectivity index (χ0v) is 22.9. The standard InChI is InChI=1S/C29H33NO7S/c1-22-6-5-7-26(20-22)38(32,33)36-19-17-34-16-18-35-27-15-12-24(21-30-27)9-8-23-10-13-25(14-11-23)28(31)37-29(2,3)4/h5-15,20-21H,16-19H2,1-4H3/b9-8+. The minimum atomic E-state index is -3.80. The third kappa shape index (κ3) is 9.74. The topological polar surface area (TPSA) is 101 Å². The smallest absolute Gasteiger partial charge is 0.338 e. The second kappa shape index (κ2) is 13.3. The molecule has 3 rings (SSSR count). The largest absolute Gasteiger partial charge is 0.475 e. The van der Waals surface area contributed by atoms with Gasteiger partial charge in [-0.3, -0.25) is 4.18 Å². The molecule has 0 spiro atoms. The van der Waals surface area contributed by atoms with E-state index in [0.29, 0.717) is 11.4 Å². The Labute approximate surface area is 224 Å². The van der Waals surface area contributed by atoms with Crippen molar-refractivity contribution >= 4 is 28.2 Å². The molecule has 0 aliphatic heterocycles. The number of pyridine rings is 1. The molecule has 0 aliphatic carbocycles. The van der Waals surface area contributed by atoms with Crippen molar-refractivity contribution in [3.63, 3.8) is 0 Å². The Balaban J connectivity index is 1.36. The van der Waals surface area contributed by atoms with Crippen molar-refractivity contribution in [1.82, 2.24) is 4.98 Å². The number of nitrogens with zero attached hydrogens (tertiary/aromatic N) is 1. The lowest BCUT2D eigenvalue weighted by Crippen LogP contribution is -2.23. The molecule has 9 heteroatoms. The summed E-state index contributed by atoms with van der Waals surface area (Å²) in [5.41, 5.74) is 2.63. The van der Waals surface area contributed by atoms with Crippen LogP contribution in [-0.4, -0.2) is 51.4 Å². The number of rotatable bonds is 12. The van der Waals surface area contributed by atoms with Crippen molar-refractivity contribution in [2.24, 2.45) is 0 Å². The van der Waals surface area contributed by atoms with E-state index in [0.717, 1.165) is 16.7 Å². The highest BCUT2D eigenvalue weighted by molar-refractivity contribution is 7.86. The summed E-state index contributed by atoms with van der Waals surface area (Å²) in [6.45, 7) is 7.87. The van der Waals surface area contributed by atoms with Gasteiger partial charge in [0, 0.05) is 12.3 Å². The fourth-order valence-corrected chi connectivity index (χ4v) is 4.18. The summed E-state index contributed by atoms with van der Waals surface area (Å²) in [6.07, 6.45) is 5.52. The molecule has 0 N–H and O–H groups in total. The highest BCUT2D eigenvalue weighted by Crippen LogP contribution is 2.16. The van der Waals surface area contributed by atoms with Gasteiger partial charge in [0.25, 0.3) is 10.1 Å². The quantitative estimate of drug-likeness (QED) is 0.173. The van der Waals surface area contributed by atoms with E-state index < -0.39 is 15.7 Å². The molecule has 0 saturated heterocycles. The molecule has 2 aromatic carbocycles. The number of carbonyl (C=O) groups excluding carboxylic acids is 1. The van der Waals surface area contributed by atoms with Crippen LogP contribution in [0.4, 0.5) is 0 Å². The van der Waals surface area contributed by atoms with Crippen molar-refractivity contribution in [2.75, 3.05) is 26.4 Å². The van der Waals surface area contributed by atoms with Crippen LogP contribution in [0.25, 0.3) is 12.2 Å². The van der Waals surface area contributed by atoms with Gasteiger partial charge < -0.3 is 14.2 Å². The lowest BCUT2D eigenvalue weighted by molar-refractivity contribution is 0.00694. The molecule has 0 amide bonds. The molecule has 0 unspecified atom stereocenters. The Hall–Kier alpha value is -3.53. The molecular formula is C29H33NO7S. The predicted molar refractivity (Wildman–Crippen MR) is 145 cm³/mol. The number of hydrogen-bond acceptors (Lipinski definition) is 8. The van der Waals surface area contributed by atoms with Gasteiger partial charge in [0.1, 0.15) is 12.2 Å². The molecule has 3 aromatic rings. The summed E-state index contributed by atoms with van der Waals surface area (Å²) < 4.78 is 45.6. The van der Waals surface area contributed by atoms with E-state index in [9.17, 15) is 13.2 Å². The monoisotopic (exact) mass is 539 g/mol. The molecule has 1 aromatic heterocycles. The average Bonchev–Trinajstić information content (AvgIpc) is 2.87. The van der Waals surface area contributed by atoms with Crippen LogP contribution in [0.3, 0.4) is 0 Å². The van der Waals surface area contributed by atoms with Crippen molar-refractivity contribution in [3.8, 4) is 5.88 Å². The van der Waals surface area contributed by atoms with Crippen LogP contribution >= 0.6 is 0 Å². The van der Waals surface area contributed by atoms with Crippen LogP contribution in [0.2, 0.25) is 0 Å². The molecule has 0 radical (unpaired) electrons. The van der Waals surface area contributed by atoms with E-state index in [1.165, 1.54) is 6.07 Å². The fourth-order valence-electron chi connectivity index (χ4n) is 3.18. The van der Waals surface area contributed by atoms with E-state index in [4.69, 9.17) is 18.4 Å². The number of esters is 1. The third-order valence-electron chi connectivity index (χ3n) is 4.99. The number of aryl methyl sites for hydroxylation is 1. The molecular weight excluding hydrogens is 506 g/mol. The average molecular weight is 540 g/mol. The highest BCUT2D eigenvalue weighted by Gasteiger charge is 2.17. The second-order valence-electron chi connectivity index (χ2n) is 9.44. The summed E-state index contributed by atoms with van der Waals surface area (Å²) in [5, 5.41) is 0. The Kier molecular flexibility index (Phi) is 10.2. The van der Waals surface area contributed by atoms with Crippen molar-refractivity contribution in [2.45, 2.75) is 38.2 Å². The van der Waals surface area contributed by atoms with Gasteiger partial charge >= 0.3 is 5.97 Å². The first-order chi connectivity index (χ1) is 18.0. The fraction of sp³-hybridized carbons (Fsp3) is 0.310. The summed E-state index contributed by atoms with van der Waals surface area (Å²) in [6, 6.07) is 17.3. The molecule has 0 aliphatic rings. The van der Waals surface area contributed by atoms with Crippen molar-refractivity contribution < 1.29 is 31.6 Å². The second-order valence-corrected chi connectivity index (χ2v) is 11.1. The van der Waals surface area contributed by atoms with Crippen molar-refractivity contribution in [3.05, 3.63) is 89.1 Å². The number of carbonyl (C=O) groups is 1. The van der Waals surface area contributed by atoms with E-state index in [-0.39, 0.29) is 37.3 Å². The molecule has 0 saturated carbocycles. The van der Waals surface area contributed by atoms with E-state index in [1.807, 2.05) is 64.1 Å². The summed E-state index contributed by atoms with van der Waals surface area (Å²) in [5.74, 6) is 0.100. The maximum atomic E-state index is 12.2. The summed E-state index contributed by atoms with van der Waals surface area (Å²) >= 11 is 0. The summed E-state index contributed by atoms with van der Waals surface area (Å²) in [4.78, 5) is 16.5. The first-order valence-corrected chi connectivity index (χ1v) is 13.6. The number of hydrogen-bond donors (Lipinski definition) is 0. The summed E-state index contributed by atoms with van der Waals surface area (Å²) in [7, 11) is -3.80. The molecule has 0 fully saturated rings. The Morgan fingerprint density at radius 1 is 0.895 bits per heavy atom. The van der Waals surface area contributed by atoms with Crippen LogP contribution in [0.15, 0.2) is 71.8 Å². The molecule has 8 nitrogen and oxygen atoms in total. The van der Waals surface area contributed by atoms with Gasteiger partial charge in [-0.15, -0.1) is 0 Å². The van der Waals surface area contributed by atoms with Crippen LogP contribution < -0.4 is 4.74 Å². The Morgan fingerprint density at radius 2 is 1.58 bits per heavy atom. The van der Waals surface area contributed by atoms with Gasteiger partial charge in [-0.1, -0.05) is 36.4 Å². The van der Waals surface area contributed by atoms with Gasteiger partial charge in [0.2, 0.25) is 5.88 Å². The minimum absolute atomic E-state index is 0.0840. The predicted octanol–water partition coefficient (Wildman–Crippen LogP) is 5.32. The molecule has 38 heavy (non-hydrogen) atoms. The highest BCUT2D eigenvalue weighted by atomic mass is 32.2.